The molecular formula is C19H27ClO3SZn. The molecule has 0 spiro atoms. The van der Waals surface area contributed by atoms with Crippen LogP contribution in [-0.4, -0.2) is 11.7 Å². The minimum Gasteiger partial charge on any atom is -0.420 e. The van der Waals surface area contributed by atoms with Crippen LogP contribution in [0, 0.1) is 5.54 Å². The van der Waals surface area contributed by atoms with Gasteiger partial charge in [0.25, 0.3) is 0 Å². The summed E-state index contributed by atoms with van der Waals surface area (Å²) in [4.78, 5) is 0.331. The molecule has 0 saturated heterocycles. The third kappa shape index (κ3) is 13.4. The summed E-state index contributed by atoms with van der Waals surface area (Å²) in [6, 6.07) is 8.23. The summed E-state index contributed by atoms with van der Waals surface area (Å²) in [6.45, 7) is 12.0. The summed E-state index contributed by atoms with van der Waals surface area (Å²) >= 11 is 5.69. The van der Waals surface area contributed by atoms with Gasteiger partial charge in [0.1, 0.15) is 0 Å². The second kappa shape index (κ2) is 14.7. The van der Waals surface area contributed by atoms with Gasteiger partial charge in [-0.25, -0.2) is 5.57 Å². The fraction of sp³-hybridized carbons (Fsp3) is 0.474. The quantitative estimate of drug-likeness (QED) is 0.234. The minimum atomic E-state index is -2.08. The van der Waals surface area contributed by atoms with Gasteiger partial charge in [-0.15, -0.1) is 6.58 Å². The summed E-state index contributed by atoms with van der Waals surface area (Å²) in [5.74, 6) is 0. The zero-order chi connectivity index (χ0) is 18.6. The van der Waals surface area contributed by atoms with Gasteiger partial charge in [-0.3, -0.25) is 0 Å². The van der Waals surface area contributed by atoms with Crippen LogP contribution >= 0.6 is 11.6 Å². The fourth-order valence-electron chi connectivity index (χ4n) is 1.91. The second-order valence-electron chi connectivity index (χ2n) is 6.17. The zero-order valence-corrected chi connectivity index (χ0v) is 20.1. The molecule has 0 aromatic heterocycles. The molecule has 0 aliphatic carbocycles. The van der Waals surface area contributed by atoms with Gasteiger partial charge in [-0.1, -0.05) is 54.6 Å². The van der Waals surface area contributed by atoms with Crippen molar-refractivity contribution < 1.29 is 32.6 Å². The molecule has 0 fully saturated rings. The molecule has 0 aliphatic heterocycles. The molecular weight excluding hydrogens is 409 g/mol. The van der Waals surface area contributed by atoms with Crippen LogP contribution in [-0.2, 0) is 43.3 Å². The van der Waals surface area contributed by atoms with E-state index in [9.17, 15) is 8.42 Å². The SMILES string of the molecule is C=CCC(=[C-]Cl)C(CCC)OC(C)(C)C.O=[S-](=O)c1ccccc1.[Zn+2]. The summed E-state index contributed by atoms with van der Waals surface area (Å²) in [5, 5.41) is 0. The molecule has 0 amide bonds. The molecule has 0 aliphatic rings. The topological polar surface area (TPSA) is 43.4 Å². The van der Waals surface area contributed by atoms with Gasteiger partial charge in [-0.05, 0) is 44.3 Å². The van der Waals surface area contributed by atoms with Crippen LogP contribution in [0.4, 0.5) is 0 Å². The first kappa shape index (κ1) is 26.7. The van der Waals surface area contributed by atoms with Crippen LogP contribution in [0.2, 0.25) is 0 Å². The standard InChI is InChI=1S/C13H22ClO.C6H5O2S.Zn/c1-6-8-11(10-14)12(9-7-2)15-13(3,4)5;7-9(8)6-4-2-1-3-5-6;/h6,12H,1,7-9H2,2-5H3;1-5H;/q2*-1;+2. The van der Waals surface area contributed by atoms with E-state index < -0.39 is 10.7 Å². The van der Waals surface area contributed by atoms with Gasteiger partial charge in [0, 0.05) is 6.10 Å². The first-order chi connectivity index (χ1) is 11.2. The van der Waals surface area contributed by atoms with E-state index in [0.29, 0.717) is 4.90 Å². The van der Waals surface area contributed by atoms with E-state index in [1.165, 1.54) is 0 Å². The Balaban J connectivity index is 0. The molecule has 1 aromatic carbocycles. The van der Waals surface area contributed by atoms with Gasteiger partial charge >= 0.3 is 19.5 Å². The number of ether oxygens (including phenoxy) is 1. The largest absolute Gasteiger partial charge is 2.00 e. The monoisotopic (exact) mass is 434 g/mol. The molecule has 3 nitrogen and oxygen atoms in total. The maximum Gasteiger partial charge on any atom is 2.00 e. The molecule has 136 valence electrons. The molecule has 0 radical (unpaired) electrons. The maximum atomic E-state index is 10.2. The number of rotatable bonds is 7. The first-order valence-electron chi connectivity index (χ1n) is 7.90. The number of halogens is 1. The van der Waals surface area contributed by atoms with Gasteiger partial charge < -0.3 is 30.3 Å². The summed E-state index contributed by atoms with van der Waals surface area (Å²) in [7, 11) is -2.08. The van der Waals surface area contributed by atoms with E-state index in [1.54, 1.807) is 30.3 Å². The number of hydrogen-bond donors (Lipinski definition) is 0. The van der Waals surface area contributed by atoms with Crippen LogP contribution in [0.1, 0.15) is 47.0 Å². The van der Waals surface area contributed by atoms with Crippen molar-refractivity contribution in [1.29, 1.82) is 0 Å². The average molecular weight is 436 g/mol. The van der Waals surface area contributed by atoms with Crippen molar-refractivity contribution in [2.45, 2.75) is 63.6 Å². The Labute approximate surface area is 172 Å². The smallest absolute Gasteiger partial charge is 0.420 e. The first-order valence-corrected chi connectivity index (χ1v) is 9.35. The molecule has 25 heavy (non-hydrogen) atoms. The normalized spacial score (nSPS) is 12.6. The molecule has 0 bridgehead atoms. The molecule has 0 saturated carbocycles. The molecule has 0 heterocycles. The predicted octanol–water partition coefficient (Wildman–Crippen LogP) is 5.82. The van der Waals surface area contributed by atoms with Gasteiger partial charge in [-0.2, -0.15) is 0 Å². The van der Waals surface area contributed by atoms with E-state index in [4.69, 9.17) is 16.3 Å². The summed E-state index contributed by atoms with van der Waals surface area (Å²) in [6.07, 6.45) is 4.68. The Morgan fingerprint density at radius 2 is 1.88 bits per heavy atom. The van der Waals surface area contributed by atoms with Crippen molar-refractivity contribution in [1.82, 2.24) is 0 Å². The minimum absolute atomic E-state index is 0. The van der Waals surface area contributed by atoms with Crippen molar-refractivity contribution >= 4 is 22.3 Å². The Kier molecular flexibility index (Phi) is 15.7. The van der Waals surface area contributed by atoms with Crippen molar-refractivity contribution in [3.05, 3.63) is 54.1 Å². The van der Waals surface area contributed by atoms with Crippen molar-refractivity contribution in [3.63, 3.8) is 0 Å². The van der Waals surface area contributed by atoms with Crippen LogP contribution in [0.25, 0.3) is 0 Å². The molecule has 1 aromatic rings. The van der Waals surface area contributed by atoms with Crippen LogP contribution in [0.5, 0.6) is 0 Å². The van der Waals surface area contributed by atoms with E-state index >= 15 is 0 Å². The third-order valence-corrected chi connectivity index (χ3v) is 3.76. The third-order valence-electron chi connectivity index (χ3n) is 2.86. The maximum absolute atomic E-state index is 10.2. The van der Waals surface area contributed by atoms with E-state index in [2.05, 4.69) is 39.8 Å². The molecule has 0 N–H and O–H groups in total. The molecule has 1 unspecified atom stereocenters. The van der Waals surface area contributed by atoms with Crippen molar-refractivity contribution in [2.75, 3.05) is 0 Å². The average Bonchev–Trinajstić information content (AvgIpc) is 2.52. The Morgan fingerprint density at radius 3 is 2.20 bits per heavy atom. The Hall–Kier alpha value is -0.477. The second-order valence-corrected chi connectivity index (χ2v) is 7.30. The summed E-state index contributed by atoms with van der Waals surface area (Å²) in [5.41, 5.74) is 3.54. The fourth-order valence-corrected chi connectivity index (χ4v) is 2.49. The molecule has 1 rings (SSSR count). The van der Waals surface area contributed by atoms with Crippen LogP contribution < -0.4 is 0 Å². The number of allylic oxidation sites excluding steroid dienone is 1. The van der Waals surface area contributed by atoms with Gasteiger partial charge in [0.2, 0.25) is 0 Å². The van der Waals surface area contributed by atoms with E-state index in [1.807, 2.05) is 6.08 Å². The number of hydrogen-bond acceptors (Lipinski definition) is 4. The van der Waals surface area contributed by atoms with Crippen molar-refractivity contribution in [2.24, 2.45) is 0 Å². The van der Waals surface area contributed by atoms with Gasteiger partial charge in [0.15, 0.2) is 0 Å². The molecule has 1 atom stereocenters. The van der Waals surface area contributed by atoms with Crippen LogP contribution in [0.15, 0.2) is 53.5 Å². The Bertz CT molecular complexity index is 570. The van der Waals surface area contributed by atoms with Crippen molar-refractivity contribution in [3.8, 4) is 0 Å². The van der Waals surface area contributed by atoms with Crippen LogP contribution in [0.3, 0.4) is 0 Å². The Morgan fingerprint density at radius 1 is 1.32 bits per heavy atom. The number of benzene rings is 1. The predicted molar refractivity (Wildman–Crippen MR) is 100 cm³/mol. The van der Waals surface area contributed by atoms with E-state index in [-0.39, 0.29) is 31.2 Å². The van der Waals surface area contributed by atoms with Gasteiger partial charge in [0.05, 0.1) is 5.60 Å². The summed E-state index contributed by atoms with van der Waals surface area (Å²) < 4.78 is 26.4. The zero-order valence-electron chi connectivity index (χ0n) is 15.6. The molecule has 6 heteroatoms. The van der Waals surface area contributed by atoms with E-state index in [0.717, 1.165) is 24.8 Å².